The molecule has 1 aliphatic heterocycles. The number of primary amides is 1. The van der Waals surface area contributed by atoms with Gasteiger partial charge in [-0.3, -0.25) is 9.69 Å². The summed E-state index contributed by atoms with van der Waals surface area (Å²) in [5, 5.41) is 0. The van der Waals surface area contributed by atoms with Gasteiger partial charge >= 0.3 is 0 Å². The summed E-state index contributed by atoms with van der Waals surface area (Å²) < 4.78 is 6.22. The highest BCUT2D eigenvalue weighted by atomic mass is 79.9. The van der Waals surface area contributed by atoms with Crippen LogP contribution in [0.15, 0.2) is 45.5 Å². The largest absolute Gasteiger partial charge is 0.453 e. The summed E-state index contributed by atoms with van der Waals surface area (Å²) in [6.07, 6.45) is 0.660. The van der Waals surface area contributed by atoms with E-state index in [1.54, 1.807) is 0 Å². The molecule has 1 aromatic heterocycles. The van der Waals surface area contributed by atoms with Gasteiger partial charge in [-0.1, -0.05) is 24.3 Å². The van der Waals surface area contributed by atoms with Crippen molar-refractivity contribution in [3.8, 4) is 0 Å². The van der Waals surface area contributed by atoms with Crippen LogP contribution in [0.5, 0.6) is 0 Å². The summed E-state index contributed by atoms with van der Waals surface area (Å²) in [7, 11) is 0. The Bertz CT molecular complexity index is 638. The second-order valence-corrected chi connectivity index (χ2v) is 5.78. The molecule has 0 radical (unpaired) electrons. The van der Waals surface area contributed by atoms with Gasteiger partial charge in [0.05, 0.1) is 12.6 Å². The van der Waals surface area contributed by atoms with Gasteiger partial charge in [-0.05, 0) is 45.6 Å². The van der Waals surface area contributed by atoms with E-state index in [0.717, 1.165) is 5.76 Å². The zero-order chi connectivity index (χ0) is 14.1. The number of fused-ring (bicyclic) bond motifs is 1. The van der Waals surface area contributed by atoms with Crippen molar-refractivity contribution < 1.29 is 9.21 Å². The molecule has 4 nitrogen and oxygen atoms in total. The summed E-state index contributed by atoms with van der Waals surface area (Å²) in [6, 6.07) is 11.6. The smallest absolute Gasteiger partial charge is 0.235 e. The van der Waals surface area contributed by atoms with Crippen molar-refractivity contribution in [3.63, 3.8) is 0 Å². The first-order chi connectivity index (χ1) is 9.63. The predicted octanol–water partition coefficient (Wildman–Crippen LogP) is 2.45. The molecule has 2 N–H and O–H groups in total. The predicted molar refractivity (Wildman–Crippen MR) is 78.8 cm³/mol. The number of hydrogen-bond donors (Lipinski definition) is 1. The van der Waals surface area contributed by atoms with Crippen LogP contribution in [-0.4, -0.2) is 16.8 Å². The standard InChI is InChI=1S/C15H15BrN2O2/c16-14-6-5-12(20-14)9-18-8-11-4-2-1-3-10(11)7-13(18)15(17)19/h1-6,13H,7-9H2,(H2,17,19). The fourth-order valence-electron chi connectivity index (χ4n) is 2.66. The lowest BCUT2D eigenvalue weighted by molar-refractivity contribution is -0.124. The van der Waals surface area contributed by atoms with E-state index < -0.39 is 0 Å². The van der Waals surface area contributed by atoms with Crippen molar-refractivity contribution in [3.05, 3.63) is 58.0 Å². The molecule has 0 saturated carbocycles. The average Bonchev–Trinajstić information content (AvgIpc) is 2.83. The lowest BCUT2D eigenvalue weighted by Crippen LogP contribution is -2.47. The van der Waals surface area contributed by atoms with Gasteiger partial charge < -0.3 is 10.2 Å². The molecular formula is C15H15BrN2O2. The highest BCUT2D eigenvalue weighted by Gasteiger charge is 2.30. The molecule has 1 atom stereocenters. The van der Waals surface area contributed by atoms with Crippen LogP contribution in [-0.2, 0) is 24.3 Å². The Hall–Kier alpha value is -1.59. The molecule has 1 unspecified atom stereocenters. The normalized spacial score (nSPS) is 18.8. The first-order valence-corrected chi connectivity index (χ1v) is 7.27. The van der Waals surface area contributed by atoms with Crippen LogP contribution in [0.3, 0.4) is 0 Å². The minimum absolute atomic E-state index is 0.284. The summed E-state index contributed by atoms with van der Waals surface area (Å²) >= 11 is 3.29. The molecule has 3 rings (SSSR count). The zero-order valence-electron chi connectivity index (χ0n) is 10.9. The lowest BCUT2D eigenvalue weighted by atomic mass is 9.93. The Kier molecular flexibility index (Phi) is 3.63. The Morgan fingerprint density at radius 3 is 2.70 bits per heavy atom. The number of carbonyl (C=O) groups excluding carboxylic acids is 1. The highest BCUT2D eigenvalue weighted by molar-refractivity contribution is 9.10. The van der Waals surface area contributed by atoms with Crippen molar-refractivity contribution in [1.29, 1.82) is 0 Å². The number of nitrogens with two attached hydrogens (primary N) is 1. The van der Waals surface area contributed by atoms with Gasteiger partial charge in [-0.2, -0.15) is 0 Å². The Morgan fingerprint density at radius 2 is 2.05 bits per heavy atom. The molecule has 1 aliphatic rings. The Morgan fingerprint density at radius 1 is 1.30 bits per heavy atom. The van der Waals surface area contributed by atoms with Crippen LogP contribution in [0.1, 0.15) is 16.9 Å². The van der Waals surface area contributed by atoms with Gasteiger partial charge in [0, 0.05) is 6.54 Å². The number of amides is 1. The molecule has 1 aromatic carbocycles. The first kappa shape index (κ1) is 13.4. The number of rotatable bonds is 3. The third-order valence-electron chi connectivity index (χ3n) is 3.66. The van der Waals surface area contributed by atoms with Crippen LogP contribution in [0.25, 0.3) is 0 Å². The molecule has 20 heavy (non-hydrogen) atoms. The van der Waals surface area contributed by atoms with E-state index in [0.29, 0.717) is 24.2 Å². The second kappa shape index (κ2) is 5.42. The van der Waals surface area contributed by atoms with Gasteiger partial charge in [-0.15, -0.1) is 0 Å². The molecule has 0 spiro atoms. The van der Waals surface area contributed by atoms with Gasteiger partial charge in [-0.25, -0.2) is 0 Å². The molecule has 0 fully saturated rings. The van der Waals surface area contributed by atoms with Crippen molar-refractivity contribution in [2.24, 2.45) is 5.73 Å². The summed E-state index contributed by atoms with van der Waals surface area (Å²) in [5.41, 5.74) is 8.00. The topological polar surface area (TPSA) is 59.5 Å². The third-order valence-corrected chi connectivity index (χ3v) is 4.09. The molecule has 0 aliphatic carbocycles. The zero-order valence-corrected chi connectivity index (χ0v) is 12.5. The number of hydrogen-bond acceptors (Lipinski definition) is 3. The third kappa shape index (κ3) is 2.64. The quantitative estimate of drug-likeness (QED) is 0.937. The van der Waals surface area contributed by atoms with Crippen molar-refractivity contribution >= 4 is 21.8 Å². The number of furan rings is 1. The van der Waals surface area contributed by atoms with Crippen molar-refractivity contribution in [2.45, 2.75) is 25.6 Å². The van der Waals surface area contributed by atoms with Crippen LogP contribution < -0.4 is 5.73 Å². The van der Waals surface area contributed by atoms with Gasteiger partial charge in [0.2, 0.25) is 5.91 Å². The maximum Gasteiger partial charge on any atom is 0.235 e. The number of benzene rings is 1. The monoisotopic (exact) mass is 334 g/mol. The Labute approximate surface area is 125 Å². The SMILES string of the molecule is NC(=O)C1Cc2ccccc2CN1Cc1ccc(Br)o1. The molecule has 1 amide bonds. The van der Waals surface area contributed by atoms with Gasteiger partial charge in [0.15, 0.2) is 4.67 Å². The summed E-state index contributed by atoms with van der Waals surface area (Å²) in [4.78, 5) is 13.8. The number of carbonyl (C=O) groups is 1. The minimum atomic E-state index is -0.287. The van der Waals surface area contributed by atoms with Gasteiger partial charge in [0.25, 0.3) is 0 Å². The molecule has 104 valence electrons. The first-order valence-electron chi connectivity index (χ1n) is 6.48. The van der Waals surface area contributed by atoms with Crippen LogP contribution in [0.2, 0.25) is 0 Å². The maximum atomic E-state index is 11.7. The summed E-state index contributed by atoms with van der Waals surface area (Å²) in [6.45, 7) is 1.29. The molecule has 0 bridgehead atoms. The van der Waals surface area contributed by atoms with E-state index in [4.69, 9.17) is 10.2 Å². The fourth-order valence-corrected chi connectivity index (χ4v) is 3.00. The molecule has 5 heteroatoms. The van der Waals surface area contributed by atoms with Crippen LogP contribution >= 0.6 is 15.9 Å². The van der Waals surface area contributed by atoms with Gasteiger partial charge in [0.1, 0.15) is 5.76 Å². The van der Waals surface area contributed by atoms with Crippen molar-refractivity contribution in [1.82, 2.24) is 4.90 Å². The lowest BCUT2D eigenvalue weighted by Gasteiger charge is -2.34. The van der Waals surface area contributed by atoms with Crippen molar-refractivity contribution in [2.75, 3.05) is 0 Å². The molecule has 0 saturated heterocycles. The molecular weight excluding hydrogens is 320 g/mol. The summed E-state index contributed by atoms with van der Waals surface area (Å²) in [5.74, 6) is 0.535. The van der Waals surface area contributed by atoms with E-state index in [9.17, 15) is 4.79 Å². The van der Waals surface area contributed by atoms with Crippen LogP contribution in [0.4, 0.5) is 0 Å². The minimum Gasteiger partial charge on any atom is -0.453 e. The number of halogens is 1. The average molecular weight is 335 g/mol. The van der Waals surface area contributed by atoms with E-state index in [1.165, 1.54) is 11.1 Å². The van der Waals surface area contributed by atoms with E-state index in [-0.39, 0.29) is 11.9 Å². The molecule has 2 aromatic rings. The second-order valence-electron chi connectivity index (χ2n) is 5.00. The van der Waals surface area contributed by atoms with E-state index in [2.05, 4.69) is 33.0 Å². The molecule has 2 heterocycles. The van der Waals surface area contributed by atoms with Crippen LogP contribution in [0, 0.1) is 0 Å². The Balaban J connectivity index is 1.86. The number of nitrogens with zero attached hydrogens (tertiary/aromatic N) is 1. The fraction of sp³-hybridized carbons (Fsp3) is 0.267. The van der Waals surface area contributed by atoms with E-state index in [1.807, 2.05) is 24.3 Å². The highest BCUT2D eigenvalue weighted by Crippen LogP contribution is 2.26. The maximum absolute atomic E-state index is 11.7. The van der Waals surface area contributed by atoms with E-state index >= 15 is 0 Å².